The van der Waals surface area contributed by atoms with Crippen LogP contribution in [0.4, 0.5) is 4.79 Å². The number of ether oxygens (including phenoxy) is 1. The number of likely N-dealkylation sites (tertiary alicyclic amines) is 2. The van der Waals surface area contributed by atoms with Gasteiger partial charge in [-0.15, -0.1) is 0 Å². The average Bonchev–Trinajstić information content (AvgIpc) is 2.82. The number of carbonyl (C=O) groups excluding carboxylic acids is 1. The van der Waals surface area contributed by atoms with E-state index in [4.69, 9.17) is 4.74 Å². The fourth-order valence-electron chi connectivity index (χ4n) is 4.31. The molecule has 0 N–H and O–H groups in total. The first-order valence-electron chi connectivity index (χ1n) is 9.69. The van der Waals surface area contributed by atoms with E-state index in [9.17, 15) is 4.79 Å². The largest absolute Gasteiger partial charge is 0.450 e. The molecule has 1 unspecified atom stereocenters. The minimum Gasteiger partial charge on any atom is -0.450 e. The predicted octanol–water partition coefficient (Wildman–Crippen LogP) is 3.44. The van der Waals surface area contributed by atoms with Crippen molar-refractivity contribution in [3.05, 3.63) is 0 Å². The van der Waals surface area contributed by atoms with Crippen molar-refractivity contribution >= 4 is 11.8 Å². The lowest BCUT2D eigenvalue weighted by atomic mass is 9.85. The minimum atomic E-state index is -0.141. The molecule has 2 heterocycles. The molecule has 2 aliphatic heterocycles. The third-order valence-corrected chi connectivity index (χ3v) is 5.54. The van der Waals surface area contributed by atoms with E-state index in [1.807, 2.05) is 18.9 Å². The maximum absolute atomic E-state index is 11.9. The van der Waals surface area contributed by atoms with E-state index in [0.29, 0.717) is 24.5 Å². The van der Waals surface area contributed by atoms with Crippen LogP contribution in [0.15, 0.2) is 4.99 Å². The number of hydrogen-bond donors (Lipinski definition) is 0. The van der Waals surface area contributed by atoms with E-state index < -0.39 is 0 Å². The minimum absolute atomic E-state index is 0.141. The summed E-state index contributed by atoms with van der Waals surface area (Å²) in [6, 6.07) is 0.617. The van der Waals surface area contributed by atoms with Gasteiger partial charge in [0.05, 0.1) is 6.61 Å². The lowest BCUT2D eigenvalue weighted by molar-refractivity contribution is 0.105. The predicted molar refractivity (Wildman–Crippen MR) is 98.7 cm³/mol. The Labute approximate surface area is 147 Å². The molecule has 0 saturated carbocycles. The molecular formula is C19H35N3O2. The summed E-state index contributed by atoms with van der Waals surface area (Å²) >= 11 is 0. The monoisotopic (exact) mass is 337 g/mol. The van der Waals surface area contributed by atoms with E-state index in [-0.39, 0.29) is 6.09 Å². The summed E-state index contributed by atoms with van der Waals surface area (Å²) in [7, 11) is 1.94. The van der Waals surface area contributed by atoms with E-state index in [0.717, 1.165) is 25.9 Å². The SMILES string of the molecule is CCOC(=O)N1CCCC(N2CCC(C(=NC)C(C)C)CC2)CC1. The molecule has 0 aromatic carbocycles. The highest BCUT2D eigenvalue weighted by molar-refractivity contribution is 5.88. The molecular weight excluding hydrogens is 302 g/mol. The van der Waals surface area contributed by atoms with Gasteiger partial charge in [0.1, 0.15) is 0 Å². The van der Waals surface area contributed by atoms with E-state index in [1.54, 1.807) is 0 Å². The number of nitrogens with zero attached hydrogens (tertiary/aromatic N) is 3. The number of rotatable bonds is 4. The van der Waals surface area contributed by atoms with Gasteiger partial charge in [-0.3, -0.25) is 4.99 Å². The van der Waals surface area contributed by atoms with Crippen LogP contribution in [0, 0.1) is 11.8 Å². The van der Waals surface area contributed by atoms with Crippen LogP contribution in [0.5, 0.6) is 0 Å². The van der Waals surface area contributed by atoms with E-state index in [1.165, 1.54) is 38.1 Å². The highest BCUT2D eigenvalue weighted by atomic mass is 16.6. The second-order valence-electron chi connectivity index (χ2n) is 7.38. The third-order valence-electron chi connectivity index (χ3n) is 5.54. The quantitative estimate of drug-likeness (QED) is 0.738. The van der Waals surface area contributed by atoms with Gasteiger partial charge in [0.15, 0.2) is 0 Å². The number of aliphatic imine (C=N–C) groups is 1. The summed E-state index contributed by atoms with van der Waals surface area (Å²) in [5.41, 5.74) is 1.39. The Hall–Kier alpha value is -1.10. The fraction of sp³-hybridized carbons (Fsp3) is 0.895. The molecule has 0 spiro atoms. The zero-order valence-corrected chi connectivity index (χ0v) is 16.0. The van der Waals surface area contributed by atoms with Crippen molar-refractivity contribution in [3.8, 4) is 0 Å². The number of amides is 1. The van der Waals surface area contributed by atoms with Crippen molar-refractivity contribution in [2.75, 3.05) is 39.8 Å². The standard InChI is InChI=1S/C19H35N3O2/c1-5-24-19(23)22-11-6-7-17(10-14-22)21-12-8-16(9-13-21)18(20-4)15(2)3/h15-17H,5-14H2,1-4H3. The Balaban J connectivity index is 1.83. The van der Waals surface area contributed by atoms with Crippen LogP contribution < -0.4 is 0 Å². The maximum atomic E-state index is 11.9. The molecule has 0 radical (unpaired) electrons. The van der Waals surface area contributed by atoms with Crippen molar-refractivity contribution in [1.29, 1.82) is 0 Å². The molecule has 0 aromatic rings. The zero-order valence-electron chi connectivity index (χ0n) is 16.0. The fourth-order valence-corrected chi connectivity index (χ4v) is 4.31. The van der Waals surface area contributed by atoms with Crippen LogP contribution in [0.25, 0.3) is 0 Å². The van der Waals surface area contributed by atoms with Gasteiger partial charge in [0.2, 0.25) is 0 Å². The van der Waals surface area contributed by atoms with Crippen LogP contribution in [-0.4, -0.2) is 67.5 Å². The van der Waals surface area contributed by atoms with Crippen molar-refractivity contribution < 1.29 is 9.53 Å². The summed E-state index contributed by atoms with van der Waals surface area (Å²) in [6.45, 7) is 10.8. The molecule has 5 nitrogen and oxygen atoms in total. The molecule has 2 fully saturated rings. The molecule has 2 saturated heterocycles. The van der Waals surface area contributed by atoms with Gasteiger partial charge < -0.3 is 14.5 Å². The first-order chi connectivity index (χ1) is 11.6. The molecule has 2 rings (SSSR count). The van der Waals surface area contributed by atoms with Crippen LogP contribution in [0.2, 0.25) is 0 Å². The van der Waals surface area contributed by atoms with Crippen LogP contribution in [0.1, 0.15) is 52.9 Å². The maximum Gasteiger partial charge on any atom is 0.409 e. The number of piperidine rings is 1. The summed E-state index contributed by atoms with van der Waals surface area (Å²) in [6.07, 6.45) is 5.66. The molecule has 2 aliphatic rings. The molecule has 5 heteroatoms. The van der Waals surface area contributed by atoms with Crippen LogP contribution in [0.3, 0.4) is 0 Å². The molecule has 0 aromatic heterocycles. The van der Waals surface area contributed by atoms with E-state index in [2.05, 4.69) is 23.7 Å². The molecule has 1 atom stereocenters. The Bertz CT molecular complexity index is 428. The van der Waals surface area contributed by atoms with Crippen LogP contribution >= 0.6 is 0 Å². The average molecular weight is 338 g/mol. The van der Waals surface area contributed by atoms with Crippen molar-refractivity contribution in [2.24, 2.45) is 16.8 Å². The molecule has 138 valence electrons. The van der Waals surface area contributed by atoms with Gasteiger partial charge in [0.25, 0.3) is 0 Å². The van der Waals surface area contributed by atoms with Gasteiger partial charge in [-0.25, -0.2) is 4.79 Å². The third kappa shape index (κ3) is 4.95. The van der Waals surface area contributed by atoms with E-state index >= 15 is 0 Å². The Kier molecular flexibility index (Phi) is 7.53. The normalized spacial score (nSPS) is 25.0. The highest BCUT2D eigenvalue weighted by Gasteiger charge is 2.30. The Morgan fingerprint density at radius 3 is 2.42 bits per heavy atom. The Morgan fingerprint density at radius 2 is 1.83 bits per heavy atom. The Morgan fingerprint density at radius 1 is 1.12 bits per heavy atom. The first kappa shape index (κ1) is 19.2. The second kappa shape index (κ2) is 9.40. The second-order valence-corrected chi connectivity index (χ2v) is 7.38. The van der Waals surface area contributed by atoms with Gasteiger partial charge >= 0.3 is 6.09 Å². The zero-order chi connectivity index (χ0) is 17.5. The molecule has 1 amide bonds. The smallest absolute Gasteiger partial charge is 0.409 e. The van der Waals surface area contributed by atoms with Gasteiger partial charge in [0, 0.05) is 31.9 Å². The van der Waals surface area contributed by atoms with Gasteiger partial charge in [-0.05, 0) is 64.0 Å². The van der Waals surface area contributed by atoms with Crippen molar-refractivity contribution in [3.63, 3.8) is 0 Å². The first-order valence-corrected chi connectivity index (χ1v) is 9.69. The summed E-state index contributed by atoms with van der Waals surface area (Å²) in [5, 5.41) is 0. The molecule has 0 aliphatic carbocycles. The van der Waals surface area contributed by atoms with Gasteiger partial charge in [-0.2, -0.15) is 0 Å². The van der Waals surface area contributed by atoms with Gasteiger partial charge in [-0.1, -0.05) is 13.8 Å². The molecule has 24 heavy (non-hydrogen) atoms. The van der Waals surface area contributed by atoms with Crippen LogP contribution in [-0.2, 0) is 4.74 Å². The lowest BCUT2D eigenvalue weighted by Crippen LogP contribution is -2.44. The number of carbonyl (C=O) groups is 1. The highest BCUT2D eigenvalue weighted by Crippen LogP contribution is 2.26. The summed E-state index contributed by atoms with van der Waals surface area (Å²) in [4.78, 5) is 21.0. The topological polar surface area (TPSA) is 45.1 Å². The lowest BCUT2D eigenvalue weighted by Gasteiger charge is -2.38. The van der Waals surface area contributed by atoms with Crippen molar-refractivity contribution in [1.82, 2.24) is 9.80 Å². The summed E-state index contributed by atoms with van der Waals surface area (Å²) < 4.78 is 5.15. The van der Waals surface area contributed by atoms with Crippen molar-refractivity contribution in [2.45, 2.75) is 58.9 Å². The summed E-state index contributed by atoms with van der Waals surface area (Å²) in [5.74, 6) is 1.22. The molecule has 0 bridgehead atoms. The number of hydrogen-bond acceptors (Lipinski definition) is 4.